The first-order valence-electron chi connectivity index (χ1n) is 6.91. The Bertz CT molecular complexity index is 252. The van der Waals surface area contributed by atoms with E-state index in [-0.39, 0.29) is 5.91 Å². The van der Waals surface area contributed by atoms with Gasteiger partial charge in [0.15, 0.2) is 0 Å². The highest BCUT2D eigenvalue weighted by atomic mass is 16.5. The number of nitrogens with one attached hydrogen (secondary N) is 1. The van der Waals surface area contributed by atoms with Crippen LogP contribution in [0.4, 0.5) is 0 Å². The predicted molar refractivity (Wildman–Crippen MR) is 66.9 cm³/mol. The fourth-order valence-electron chi connectivity index (χ4n) is 2.72. The summed E-state index contributed by atoms with van der Waals surface area (Å²) in [4.78, 5) is 14.1. The van der Waals surface area contributed by atoms with Crippen LogP contribution in [0.25, 0.3) is 0 Å². The summed E-state index contributed by atoms with van der Waals surface area (Å²) in [5, 5.41) is 3.14. The third kappa shape index (κ3) is 3.96. The molecule has 1 saturated heterocycles. The van der Waals surface area contributed by atoms with Crippen molar-refractivity contribution in [3.8, 4) is 0 Å². The first-order valence-corrected chi connectivity index (χ1v) is 6.91. The highest BCUT2D eigenvalue weighted by molar-refractivity contribution is 5.78. The van der Waals surface area contributed by atoms with Gasteiger partial charge in [-0.2, -0.15) is 0 Å². The summed E-state index contributed by atoms with van der Waals surface area (Å²) in [6.45, 7) is 5.21. The zero-order valence-corrected chi connectivity index (χ0v) is 10.8. The molecule has 2 rings (SSSR count). The van der Waals surface area contributed by atoms with Gasteiger partial charge in [-0.05, 0) is 19.3 Å². The summed E-state index contributed by atoms with van der Waals surface area (Å²) < 4.78 is 5.60. The molecule has 0 radical (unpaired) electrons. The van der Waals surface area contributed by atoms with E-state index in [4.69, 9.17) is 4.74 Å². The largest absolute Gasteiger partial charge is 0.376 e. The monoisotopic (exact) mass is 240 g/mol. The quantitative estimate of drug-likeness (QED) is 0.801. The van der Waals surface area contributed by atoms with Crippen molar-refractivity contribution in [1.82, 2.24) is 10.2 Å². The topological polar surface area (TPSA) is 41.6 Å². The summed E-state index contributed by atoms with van der Waals surface area (Å²) in [5.74, 6) is 0.189. The van der Waals surface area contributed by atoms with Crippen LogP contribution >= 0.6 is 0 Å². The molecule has 0 aromatic rings. The second-order valence-corrected chi connectivity index (χ2v) is 5.19. The fourth-order valence-corrected chi connectivity index (χ4v) is 2.72. The molecule has 2 aliphatic rings. The van der Waals surface area contributed by atoms with E-state index < -0.39 is 0 Å². The molecule has 4 heteroatoms. The Morgan fingerprint density at radius 2 is 2.18 bits per heavy atom. The molecule has 1 aliphatic heterocycles. The van der Waals surface area contributed by atoms with Gasteiger partial charge in [0, 0.05) is 19.1 Å². The van der Waals surface area contributed by atoms with Crippen LogP contribution in [0, 0.1) is 0 Å². The summed E-state index contributed by atoms with van der Waals surface area (Å²) in [6, 6.07) is 0.436. The van der Waals surface area contributed by atoms with Gasteiger partial charge in [0.05, 0.1) is 19.3 Å². The van der Waals surface area contributed by atoms with E-state index in [2.05, 4.69) is 17.1 Å². The number of hydrogen-bond acceptors (Lipinski definition) is 3. The Kier molecular flexibility index (Phi) is 4.80. The summed E-state index contributed by atoms with van der Waals surface area (Å²) in [6.07, 6.45) is 6.18. The summed E-state index contributed by atoms with van der Waals surface area (Å²) >= 11 is 0. The Morgan fingerprint density at radius 1 is 1.41 bits per heavy atom. The molecule has 0 bridgehead atoms. The van der Waals surface area contributed by atoms with Gasteiger partial charge in [0.25, 0.3) is 0 Å². The van der Waals surface area contributed by atoms with Crippen LogP contribution in [0.3, 0.4) is 0 Å². The Hall–Kier alpha value is -0.610. The molecule has 1 heterocycles. The van der Waals surface area contributed by atoms with Crippen LogP contribution in [-0.4, -0.2) is 49.2 Å². The van der Waals surface area contributed by atoms with E-state index in [0.717, 1.165) is 39.0 Å². The van der Waals surface area contributed by atoms with Crippen molar-refractivity contribution in [3.63, 3.8) is 0 Å². The second kappa shape index (κ2) is 6.36. The van der Waals surface area contributed by atoms with Crippen molar-refractivity contribution in [2.45, 2.75) is 51.2 Å². The highest BCUT2D eigenvalue weighted by Gasteiger charge is 2.22. The van der Waals surface area contributed by atoms with Crippen molar-refractivity contribution in [3.05, 3.63) is 0 Å². The first kappa shape index (κ1) is 12.8. The molecule has 0 aromatic heterocycles. The van der Waals surface area contributed by atoms with Crippen molar-refractivity contribution in [2.24, 2.45) is 0 Å². The lowest BCUT2D eigenvalue weighted by Gasteiger charge is -2.32. The number of hydrogen-bond donors (Lipinski definition) is 1. The highest BCUT2D eigenvalue weighted by Crippen LogP contribution is 2.17. The Morgan fingerprint density at radius 3 is 2.88 bits per heavy atom. The smallest absolute Gasteiger partial charge is 0.234 e. The minimum absolute atomic E-state index is 0.189. The number of carbonyl (C=O) groups excluding carboxylic acids is 1. The van der Waals surface area contributed by atoms with Crippen LogP contribution in [0.1, 0.15) is 39.0 Å². The predicted octanol–water partition coefficient (Wildman–Crippen LogP) is 1.16. The maximum absolute atomic E-state index is 11.9. The number of nitrogens with zero attached hydrogens (tertiary/aromatic N) is 1. The maximum atomic E-state index is 11.9. The third-order valence-corrected chi connectivity index (χ3v) is 3.77. The van der Waals surface area contributed by atoms with Crippen LogP contribution in [0.15, 0.2) is 0 Å². The van der Waals surface area contributed by atoms with Gasteiger partial charge in [0.1, 0.15) is 0 Å². The average Bonchev–Trinajstić information content (AvgIpc) is 2.82. The molecule has 1 saturated carbocycles. The SMILES string of the molecule is CC[C@H]1CN(CC(=O)NC2CCCC2)CCO1. The van der Waals surface area contributed by atoms with Crippen molar-refractivity contribution < 1.29 is 9.53 Å². The van der Waals surface area contributed by atoms with Gasteiger partial charge in [-0.3, -0.25) is 9.69 Å². The molecule has 1 amide bonds. The van der Waals surface area contributed by atoms with Crippen molar-refractivity contribution in [1.29, 1.82) is 0 Å². The van der Waals surface area contributed by atoms with Crippen LogP contribution < -0.4 is 5.32 Å². The number of amides is 1. The van der Waals surface area contributed by atoms with Crippen molar-refractivity contribution in [2.75, 3.05) is 26.2 Å². The molecule has 1 aliphatic carbocycles. The molecule has 2 fully saturated rings. The zero-order valence-electron chi connectivity index (χ0n) is 10.8. The Labute approximate surface area is 104 Å². The molecule has 0 spiro atoms. The molecular formula is C13H24N2O2. The number of carbonyl (C=O) groups is 1. The van der Waals surface area contributed by atoms with E-state index in [1.54, 1.807) is 0 Å². The van der Waals surface area contributed by atoms with Gasteiger partial charge in [-0.1, -0.05) is 19.8 Å². The Balaban J connectivity index is 1.70. The maximum Gasteiger partial charge on any atom is 0.234 e. The lowest BCUT2D eigenvalue weighted by atomic mass is 10.2. The second-order valence-electron chi connectivity index (χ2n) is 5.19. The van der Waals surface area contributed by atoms with E-state index in [0.29, 0.717) is 18.7 Å². The van der Waals surface area contributed by atoms with Crippen molar-refractivity contribution >= 4 is 5.91 Å². The third-order valence-electron chi connectivity index (χ3n) is 3.77. The molecule has 17 heavy (non-hydrogen) atoms. The minimum atomic E-state index is 0.189. The molecule has 98 valence electrons. The zero-order chi connectivity index (χ0) is 12.1. The first-order chi connectivity index (χ1) is 8.28. The normalized spacial score (nSPS) is 27.2. The number of ether oxygens (including phenoxy) is 1. The van der Waals surface area contributed by atoms with E-state index in [9.17, 15) is 4.79 Å². The van der Waals surface area contributed by atoms with Crippen LogP contribution in [-0.2, 0) is 9.53 Å². The minimum Gasteiger partial charge on any atom is -0.376 e. The lowest BCUT2D eigenvalue weighted by Crippen LogP contribution is -2.48. The average molecular weight is 240 g/mol. The molecule has 1 atom stereocenters. The van der Waals surface area contributed by atoms with E-state index in [1.807, 2.05) is 0 Å². The molecule has 0 aromatic carbocycles. The van der Waals surface area contributed by atoms with Gasteiger partial charge in [-0.15, -0.1) is 0 Å². The summed E-state index contributed by atoms with van der Waals surface area (Å²) in [7, 11) is 0. The molecule has 4 nitrogen and oxygen atoms in total. The van der Waals surface area contributed by atoms with E-state index >= 15 is 0 Å². The van der Waals surface area contributed by atoms with Gasteiger partial charge < -0.3 is 10.1 Å². The lowest BCUT2D eigenvalue weighted by molar-refractivity contribution is -0.125. The van der Waals surface area contributed by atoms with Gasteiger partial charge in [0.2, 0.25) is 5.91 Å². The standard InChI is InChI=1S/C13H24N2O2/c1-2-12-9-15(7-8-17-12)10-13(16)14-11-5-3-4-6-11/h11-12H,2-10H2,1H3,(H,14,16)/t12-/m0/s1. The van der Waals surface area contributed by atoms with Crippen LogP contribution in [0.5, 0.6) is 0 Å². The molecule has 1 N–H and O–H groups in total. The number of morpholine rings is 1. The fraction of sp³-hybridized carbons (Fsp3) is 0.923. The van der Waals surface area contributed by atoms with Crippen LogP contribution in [0.2, 0.25) is 0 Å². The number of rotatable bonds is 4. The molecule has 0 unspecified atom stereocenters. The van der Waals surface area contributed by atoms with E-state index in [1.165, 1.54) is 12.8 Å². The van der Waals surface area contributed by atoms with Gasteiger partial charge >= 0.3 is 0 Å². The molecular weight excluding hydrogens is 216 g/mol. The van der Waals surface area contributed by atoms with Gasteiger partial charge in [-0.25, -0.2) is 0 Å². The summed E-state index contributed by atoms with van der Waals surface area (Å²) in [5.41, 5.74) is 0.